The summed E-state index contributed by atoms with van der Waals surface area (Å²) in [6.07, 6.45) is -1.54. The largest absolute Gasteiger partial charge is 0.573 e. The second kappa shape index (κ2) is 6.51. The van der Waals surface area contributed by atoms with E-state index < -0.39 is 6.36 Å². The highest BCUT2D eigenvalue weighted by Gasteiger charge is 2.31. The molecule has 19 heavy (non-hydrogen) atoms. The van der Waals surface area contributed by atoms with Crippen LogP contribution in [0.3, 0.4) is 0 Å². The van der Waals surface area contributed by atoms with E-state index in [2.05, 4.69) is 4.74 Å². The molecule has 2 N–H and O–H groups in total. The number of rotatable bonds is 4. The highest BCUT2D eigenvalue weighted by atomic mass is 32.2. The van der Waals surface area contributed by atoms with Gasteiger partial charge < -0.3 is 10.5 Å². The average Bonchev–Trinajstić information content (AvgIpc) is 2.26. The third-order valence-corrected chi connectivity index (χ3v) is 2.74. The van der Waals surface area contributed by atoms with Crippen molar-refractivity contribution in [3.8, 4) is 5.75 Å². The van der Waals surface area contributed by atoms with Gasteiger partial charge in [-0.25, -0.2) is 0 Å². The van der Waals surface area contributed by atoms with Crippen molar-refractivity contribution in [2.75, 3.05) is 11.5 Å². The quantitative estimate of drug-likeness (QED) is 0.863. The lowest BCUT2D eigenvalue weighted by Crippen LogP contribution is -2.17. The van der Waals surface area contributed by atoms with E-state index in [0.717, 1.165) is 17.8 Å². The Labute approximate surface area is 112 Å². The molecule has 0 unspecified atom stereocenters. The molecule has 1 aromatic rings. The number of carbonyl (C=O) groups is 1. The van der Waals surface area contributed by atoms with E-state index in [4.69, 9.17) is 5.73 Å². The molecule has 0 aromatic heterocycles. The molecule has 3 nitrogen and oxygen atoms in total. The molecular weight excluding hydrogens is 279 g/mol. The molecule has 0 amide bonds. The second-order valence-corrected chi connectivity index (χ2v) is 4.74. The zero-order valence-corrected chi connectivity index (χ0v) is 10.8. The minimum absolute atomic E-state index is 0.0354. The highest BCUT2D eigenvalue weighted by molar-refractivity contribution is 8.13. The third kappa shape index (κ3) is 6.19. The number of nitrogens with two attached hydrogens (primary N) is 1. The van der Waals surface area contributed by atoms with Crippen LogP contribution in [0.4, 0.5) is 18.9 Å². The number of thioether (sulfide) groups is 1. The second-order valence-electron chi connectivity index (χ2n) is 3.54. The van der Waals surface area contributed by atoms with Gasteiger partial charge in [0.05, 0.1) is 0 Å². The summed E-state index contributed by atoms with van der Waals surface area (Å²) < 4.78 is 40.0. The maximum atomic E-state index is 12.1. The molecule has 0 radical (unpaired) electrons. The fourth-order valence-corrected chi connectivity index (χ4v) is 1.66. The SMILES string of the molecule is CC(=O)SCC=Cc1cc(OC(F)(F)F)ccc1N. The molecule has 0 saturated heterocycles. The first kappa shape index (κ1) is 15.4. The molecule has 7 heteroatoms. The molecule has 0 atom stereocenters. The molecule has 0 fully saturated rings. The molecule has 0 saturated carbocycles. The molecule has 0 aliphatic carbocycles. The fourth-order valence-electron chi connectivity index (χ4n) is 1.23. The van der Waals surface area contributed by atoms with E-state index in [1.165, 1.54) is 19.1 Å². The van der Waals surface area contributed by atoms with E-state index in [-0.39, 0.29) is 10.9 Å². The summed E-state index contributed by atoms with van der Waals surface area (Å²) >= 11 is 1.09. The Bertz CT molecular complexity index is 486. The number of halogens is 3. The van der Waals surface area contributed by atoms with Crippen molar-refractivity contribution in [3.63, 3.8) is 0 Å². The van der Waals surface area contributed by atoms with Crippen molar-refractivity contribution in [3.05, 3.63) is 29.8 Å². The molecule has 0 spiro atoms. The van der Waals surface area contributed by atoms with Gasteiger partial charge in [-0.15, -0.1) is 13.2 Å². The van der Waals surface area contributed by atoms with E-state index in [0.29, 0.717) is 17.0 Å². The summed E-state index contributed by atoms with van der Waals surface area (Å²) in [4.78, 5) is 10.7. The van der Waals surface area contributed by atoms with E-state index in [9.17, 15) is 18.0 Å². The van der Waals surface area contributed by atoms with Gasteiger partial charge in [-0.2, -0.15) is 0 Å². The van der Waals surface area contributed by atoms with Gasteiger partial charge in [-0.3, -0.25) is 4.79 Å². The van der Waals surface area contributed by atoms with Crippen molar-refractivity contribution in [2.24, 2.45) is 0 Å². The highest BCUT2D eigenvalue weighted by Crippen LogP contribution is 2.26. The first-order chi connectivity index (χ1) is 8.78. The van der Waals surface area contributed by atoms with Crippen molar-refractivity contribution >= 4 is 28.6 Å². The maximum Gasteiger partial charge on any atom is 0.573 e. The number of carbonyl (C=O) groups excluding carboxylic acids is 1. The average molecular weight is 291 g/mol. The maximum absolute atomic E-state index is 12.1. The van der Waals surface area contributed by atoms with Crippen molar-refractivity contribution < 1.29 is 22.7 Å². The Morgan fingerprint density at radius 2 is 2.16 bits per heavy atom. The predicted octanol–water partition coefficient (Wildman–Crippen LogP) is 3.46. The normalized spacial score (nSPS) is 11.8. The van der Waals surface area contributed by atoms with Gasteiger partial charge in [0.1, 0.15) is 5.75 Å². The number of hydrogen-bond donors (Lipinski definition) is 1. The molecule has 1 rings (SSSR count). The summed E-state index contributed by atoms with van der Waals surface area (Å²) in [5, 5.41) is -0.0354. The standard InChI is InChI=1S/C12H12F3NO2S/c1-8(17)19-6-2-3-9-7-10(4-5-11(9)16)18-12(13,14)15/h2-5,7H,6,16H2,1H3. The van der Waals surface area contributed by atoms with E-state index in [1.54, 1.807) is 12.2 Å². The van der Waals surface area contributed by atoms with Gasteiger partial charge in [0.15, 0.2) is 5.12 Å². The van der Waals surface area contributed by atoms with Crippen LogP contribution in [0.15, 0.2) is 24.3 Å². The number of alkyl halides is 3. The van der Waals surface area contributed by atoms with Crippen LogP contribution < -0.4 is 10.5 Å². The minimum Gasteiger partial charge on any atom is -0.406 e. The minimum atomic E-state index is -4.73. The lowest BCUT2D eigenvalue weighted by molar-refractivity contribution is -0.274. The van der Waals surface area contributed by atoms with Crippen LogP contribution in [0.25, 0.3) is 6.08 Å². The van der Waals surface area contributed by atoms with Gasteiger partial charge in [0.2, 0.25) is 0 Å². The Hall–Kier alpha value is -1.63. The summed E-state index contributed by atoms with van der Waals surface area (Å²) in [5.41, 5.74) is 6.37. The number of hydrogen-bond acceptors (Lipinski definition) is 4. The lowest BCUT2D eigenvalue weighted by atomic mass is 10.1. The van der Waals surface area contributed by atoms with Gasteiger partial charge in [-0.05, 0) is 18.2 Å². The van der Waals surface area contributed by atoms with Crippen LogP contribution in [0.5, 0.6) is 5.75 Å². The van der Waals surface area contributed by atoms with Crippen LogP contribution in [0.2, 0.25) is 0 Å². The third-order valence-electron chi connectivity index (χ3n) is 1.97. The Kier molecular flexibility index (Phi) is 5.29. The van der Waals surface area contributed by atoms with Gasteiger partial charge >= 0.3 is 6.36 Å². The summed E-state index contributed by atoms with van der Waals surface area (Å²) in [5.74, 6) is 0.0969. The zero-order valence-electron chi connectivity index (χ0n) is 10.0. The lowest BCUT2D eigenvalue weighted by Gasteiger charge is -2.10. The number of ether oxygens (including phenoxy) is 1. The Morgan fingerprint density at radius 1 is 1.47 bits per heavy atom. The van der Waals surface area contributed by atoms with Crippen LogP contribution in [-0.4, -0.2) is 17.2 Å². The van der Waals surface area contributed by atoms with Gasteiger partial charge in [-0.1, -0.05) is 23.9 Å². The molecule has 0 heterocycles. The van der Waals surface area contributed by atoms with Crippen LogP contribution in [0.1, 0.15) is 12.5 Å². The van der Waals surface area contributed by atoms with Crippen molar-refractivity contribution in [1.29, 1.82) is 0 Å². The fraction of sp³-hybridized carbons (Fsp3) is 0.250. The molecular formula is C12H12F3NO2S. The topological polar surface area (TPSA) is 52.3 Å². The molecule has 0 aliphatic heterocycles. The van der Waals surface area contributed by atoms with E-state index in [1.807, 2.05) is 0 Å². The van der Waals surface area contributed by atoms with Crippen molar-refractivity contribution in [2.45, 2.75) is 13.3 Å². The number of benzene rings is 1. The predicted molar refractivity (Wildman–Crippen MR) is 69.7 cm³/mol. The van der Waals surface area contributed by atoms with Gasteiger partial charge in [0, 0.05) is 23.9 Å². The first-order valence-electron chi connectivity index (χ1n) is 5.23. The number of nitrogen functional groups attached to an aromatic ring is 1. The monoisotopic (exact) mass is 291 g/mol. The smallest absolute Gasteiger partial charge is 0.406 e. The van der Waals surface area contributed by atoms with Crippen LogP contribution >= 0.6 is 11.8 Å². The molecule has 0 bridgehead atoms. The molecule has 0 aliphatic rings. The molecule has 1 aromatic carbocycles. The summed E-state index contributed by atoms with van der Waals surface area (Å²) in [6, 6.07) is 3.67. The summed E-state index contributed by atoms with van der Waals surface area (Å²) in [6.45, 7) is 1.44. The van der Waals surface area contributed by atoms with Crippen LogP contribution in [0, 0.1) is 0 Å². The van der Waals surface area contributed by atoms with Crippen LogP contribution in [-0.2, 0) is 4.79 Å². The Balaban J connectivity index is 2.77. The van der Waals surface area contributed by atoms with Gasteiger partial charge in [0.25, 0.3) is 0 Å². The first-order valence-corrected chi connectivity index (χ1v) is 6.21. The van der Waals surface area contributed by atoms with E-state index >= 15 is 0 Å². The summed E-state index contributed by atoms with van der Waals surface area (Å²) in [7, 11) is 0. The Morgan fingerprint density at radius 3 is 2.74 bits per heavy atom. The molecule has 104 valence electrons. The van der Waals surface area contributed by atoms with Crippen molar-refractivity contribution in [1.82, 2.24) is 0 Å². The number of anilines is 1. The zero-order chi connectivity index (χ0) is 14.5.